The normalized spacial score (nSPS) is 13.1. The Kier molecular flexibility index (Phi) is 6.39. The zero-order valence-corrected chi connectivity index (χ0v) is 15.0. The standard InChI is InChI=1S/C18H16N2O6S/c21-14-9-15(16(22)13-10-20-26-17(13)14)27-8-4-7-24-11-19-18(23)25-12-5-2-1-3-6-12/h1-3,5-6,9-10H,4,7-8,11H2,(H,19,23). The van der Waals surface area contributed by atoms with E-state index >= 15 is 0 Å². The van der Waals surface area contributed by atoms with Crippen molar-refractivity contribution in [2.24, 2.45) is 0 Å². The summed E-state index contributed by atoms with van der Waals surface area (Å²) < 4.78 is 15.1. The maximum Gasteiger partial charge on any atom is 0.414 e. The summed E-state index contributed by atoms with van der Waals surface area (Å²) in [6, 6.07) is 8.70. The fourth-order valence-corrected chi connectivity index (χ4v) is 3.14. The molecule has 9 heteroatoms. The number of amides is 1. The van der Waals surface area contributed by atoms with Crippen molar-refractivity contribution in [3.8, 4) is 5.75 Å². The van der Waals surface area contributed by atoms with Crippen molar-refractivity contribution in [3.63, 3.8) is 0 Å². The first-order chi connectivity index (χ1) is 13.1. The highest BCUT2D eigenvalue weighted by atomic mass is 32.2. The Bertz CT molecular complexity index is 862. The molecule has 0 saturated carbocycles. The molecule has 0 atom stereocenters. The van der Waals surface area contributed by atoms with Crippen LogP contribution in [0.2, 0.25) is 0 Å². The number of ketones is 2. The minimum absolute atomic E-state index is 0.0128. The van der Waals surface area contributed by atoms with Gasteiger partial charge < -0.3 is 14.0 Å². The average Bonchev–Trinajstić information content (AvgIpc) is 3.16. The Hall–Kier alpha value is -2.91. The van der Waals surface area contributed by atoms with E-state index in [-0.39, 0.29) is 29.6 Å². The third-order valence-corrected chi connectivity index (χ3v) is 4.59. The summed E-state index contributed by atoms with van der Waals surface area (Å²) >= 11 is 1.27. The Morgan fingerprint density at radius 1 is 1.22 bits per heavy atom. The van der Waals surface area contributed by atoms with E-state index in [1.165, 1.54) is 24.0 Å². The number of benzene rings is 1. The van der Waals surface area contributed by atoms with E-state index in [0.717, 1.165) is 0 Å². The molecule has 2 aromatic rings. The van der Waals surface area contributed by atoms with Crippen LogP contribution in [0.25, 0.3) is 0 Å². The molecule has 1 aliphatic rings. The van der Waals surface area contributed by atoms with E-state index in [4.69, 9.17) is 14.0 Å². The molecule has 0 aliphatic heterocycles. The molecular formula is C18H16N2O6S. The van der Waals surface area contributed by atoms with Gasteiger partial charge in [-0.25, -0.2) is 4.79 Å². The zero-order valence-electron chi connectivity index (χ0n) is 14.2. The number of ether oxygens (including phenoxy) is 2. The zero-order chi connectivity index (χ0) is 19.1. The summed E-state index contributed by atoms with van der Waals surface area (Å²) in [4.78, 5) is 35.9. The molecule has 1 aromatic carbocycles. The summed E-state index contributed by atoms with van der Waals surface area (Å²) in [6.45, 7) is 0.396. The summed E-state index contributed by atoms with van der Waals surface area (Å²) in [5.41, 5.74) is 0.197. The SMILES string of the molecule is O=C(NCOCCCSC1=CC(=O)c2oncc2C1=O)Oc1ccccc1. The molecule has 1 amide bonds. The van der Waals surface area contributed by atoms with Crippen LogP contribution < -0.4 is 10.1 Å². The van der Waals surface area contributed by atoms with Crippen LogP contribution in [0.1, 0.15) is 27.3 Å². The summed E-state index contributed by atoms with van der Waals surface area (Å²) in [6.07, 6.45) is 2.56. The molecule has 0 fully saturated rings. The minimum atomic E-state index is -0.600. The topological polar surface area (TPSA) is 108 Å². The van der Waals surface area contributed by atoms with Gasteiger partial charge in [-0.05, 0) is 18.6 Å². The molecule has 140 valence electrons. The first-order valence-corrected chi connectivity index (χ1v) is 9.10. The van der Waals surface area contributed by atoms with E-state index in [1.807, 2.05) is 6.07 Å². The first kappa shape index (κ1) is 18.9. The third kappa shape index (κ3) is 5.05. The second-order valence-electron chi connectivity index (χ2n) is 5.40. The minimum Gasteiger partial charge on any atom is -0.410 e. The Morgan fingerprint density at radius 2 is 2.04 bits per heavy atom. The second kappa shape index (κ2) is 9.15. The lowest BCUT2D eigenvalue weighted by Gasteiger charge is -2.10. The van der Waals surface area contributed by atoms with Crippen molar-refractivity contribution in [1.82, 2.24) is 10.5 Å². The highest BCUT2D eigenvalue weighted by Gasteiger charge is 2.29. The number of para-hydroxylation sites is 1. The number of nitrogens with one attached hydrogen (secondary N) is 1. The number of hydrogen-bond donors (Lipinski definition) is 1. The molecule has 8 nitrogen and oxygen atoms in total. The van der Waals surface area contributed by atoms with Crippen molar-refractivity contribution in [3.05, 3.63) is 58.8 Å². The van der Waals surface area contributed by atoms with E-state index in [0.29, 0.717) is 29.4 Å². The Balaban J connectivity index is 1.29. The number of aromatic nitrogens is 1. The van der Waals surface area contributed by atoms with Crippen LogP contribution in [0.4, 0.5) is 4.79 Å². The summed E-state index contributed by atoms with van der Waals surface area (Å²) in [5.74, 6) is 0.396. The average molecular weight is 388 g/mol. The van der Waals surface area contributed by atoms with Gasteiger partial charge in [-0.2, -0.15) is 0 Å². The van der Waals surface area contributed by atoms with E-state index in [1.54, 1.807) is 24.3 Å². The molecule has 0 radical (unpaired) electrons. The fraction of sp³-hybridized carbons (Fsp3) is 0.222. The number of carbonyl (C=O) groups excluding carboxylic acids is 3. The van der Waals surface area contributed by atoms with Crippen molar-refractivity contribution >= 4 is 29.4 Å². The number of Topliss-reactive ketones (excluding diaryl/α,β-unsaturated/α-hetero) is 1. The van der Waals surface area contributed by atoms with Gasteiger partial charge in [0, 0.05) is 18.4 Å². The second-order valence-corrected chi connectivity index (χ2v) is 6.54. The van der Waals surface area contributed by atoms with Crippen LogP contribution in [-0.2, 0) is 4.74 Å². The number of hydrogen-bond acceptors (Lipinski definition) is 8. The predicted molar refractivity (Wildman–Crippen MR) is 96.7 cm³/mol. The van der Waals surface area contributed by atoms with Crippen molar-refractivity contribution in [2.45, 2.75) is 6.42 Å². The predicted octanol–water partition coefficient (Wildman–Crippen LogP) is 2.82. The van der Waals surface area contributed by atoms with Gasteiger partial charge in [-0.1, -0.05) is 23.4 Å². The number of allylic oxidation sites excluding steroid dienone is 2. The van der Waals surface area contributed by atoms with Gasteiger partial charge in [-0.15, -0.1) is 11.8 Å². The molecule has 0 bridgehead atoms. The molecular weight excluding hydrogens is 372 g/mol. The van der Waals surface area contributed by atoms with Crippen LogP contribution in [0.15, 0.2) is 52.0 Å². The van der Waals surface area contributed by atoms with Crippen molar-refractivity contribution in [2.75, 3.05) is 19.1 Å². The molecule has 1 aromatic heterocycles. The maximum atomic E-state index is 12.2. The number of carbonyl (C=O) groups is 3. The quantitative estimate of drug-likeness (QED) is 0.543. The maximum absolute atomic E-state index is 12.2. The molecule has 0 unspecified atom stereocenters. The lowest BCUT2D eigenvalue weighted by atomic mass is 10.0. The van der Waals surface area contributed by atoms with Crippen LogP contribution >= 0.6 is 11.8 Å². The monoisotopic (exact) mass is 388 g/mol. The number of fused-ring (bicyclic) bond motifs is 1. The van der Waals surface area contributed by atoms with Crippen molar-refractivity contribution < 1.29 is 28.4 Å². The highest BCUT2D eigenvalue weighted by Crippen LogP contribution is 2.28. The molecule has 1 heterocycles. The van der Waals surface area contributed by atoms with Crippen molar-refractivity contribution in [1.29, 1.82) is 0 Å². The van der Waals surface area contributed by atoms with Gasteiger partial charge in [0.25, 0.3) is 0 Å². The third-order valence-electron chi connectivity index (χ3n) is 3.49. The molecule has 3 rings (SSSR count). The van der Waals surface area contributed by atoms with Gasteiger partial charge in [-0.3, -0.25) is 14.9 Å². The van der Waals surface area contributed by atoms with Gasteiger partial charge in [0.05, 0.1) is 16.7 Å². The van der Waals surface area contributed by atoms with Gasteiger partial charge >= 0.3 is 6.09 Å². The highest BCUT2D eigenvalue weighted by molar-refractivity contribution is 8.04. The van der Waals surface area contributed by atoms with Gasteiger partial charge in [0.1, 0.15) is 12.5 Å². The Labute approximate surface area is 158 Å². The van der Waals surface area contributed by atoms with E-state index in [9.17, 15) is 14.4 Å². The van der Waals surface area contributed by atoms with Gasteiger partial charge in [0.15, 0.2) is 0 Å². The lowest BCUT2D eigenvalue weighted by molar-refractivity contribution is 0.0967. The molecule has 0 saturated heterocycles. The first-order valence-electron chi connectivity index (χ1n) is 8.12. The molecule has 1 aliphatic carbocycles. The molecule has 0 spiro atoms. The van der Waals surface area contributed by atoms with E-state index in [2.05, 4.69) is 10.5 Å². The number of thioether (sulfide) groups is 1. The molecule has 27 heavy (non-hydrogen) atoms. The van der Waals surface area contributed by atoms with Gasteiger partial charge in [0.2, 0.25) is 17.3 Å². The summed E-state index contributed by atoms with van der Waals surface area (Å²) in [5, 5.41) is 5.96. The largest absolute Gasteiger partial charge is 0.414 e. The van der Waals surface area contributed by atoms with Crippen LogP contribution in [-0.4, -0.2) is 41.9 Å². The fourth-order valence-electron chi connectivity index (χ4n) is 2.23. The smallest absolute Gasteiger partial charge is 0.410 e. The summed E-state index contributed by atoms with van der Waals surface area (Å²) in [7, 11) is 0. The lowest BCUT2D eigenvalue weighted by Crippen LogP contribution is -2.29. The van der Waals surface area contributed by atoms with Crippen LogP contribution in [0.5, 0.6) is 5.75 Å². The Morgan fingerprint density at radius 3 is 2.85 bits per heavy atom. The van der Waals surface area contributed by atoms with E-state index < -0.39 is 6.09 Å². The number of rotatable bonds is 8. The molecule has 1 N–H and O–H groups in total. The van der Waals surface area contributed by atoms with Crippen LogP contribution in [0.3, 0.4) is 0 Å². The van der Waals surface area contributed by atoms with Crippen LogP contribution in [0, 0.1) is 0 Å². The number of nitrogens with zero attached hydrogens (tertiary/aromatic N) is 1.